The lowest BCUT2D eigenvalue weighted by Gasteiger charge is -2.37. The number of hydrogen-bond acceptors (Lipinski definition) is 11. The Morgan fingerprint density at radius 1 is 1.06 bits per heavy atom. The van der Waals surface area contributed by atoms with E-state index in [4.69, 9.17) is 14.5 Å². The van der Waals surface area contributed by atoms with Crippen molar-refractivity contribution in [3.8, 4) is 28.1 Å². The van der Waals surface area contributed by atoms with Crippen LogP contribution < -0.4 is 16.1 Å². The Kier molecular flexibility index (Phi) is 14.0. The third kappa shape index (κ3) is 9.72. The Morgan fingerprint density at radius 2 is 1.82 bits per heavy atom. The number of nitrogens with zero attached hydrogens (tertiary/aromatic N) is 5. The highest BCUT2D eigenvalue weighted by molar-refractivity contribution is 5.96. The zero-order valence-corrected chi connectivity index (χ0v) is 40.9. The topological polar surface area (TPSA) is 198 Å². The van der Waals surface area contributed by atoms with Crippen LogP contribution in [-0.2, 0) is 52.8 Å². The molecule has 4 amide bonds. The Morgan fingerprint density at radius 3 is 2.53 bits per heavy atom. The zero-order chi connectivity index (χ0) is 48.8. The first-order valence-corrected chi connectivity index (χ1v) is 24.2. The van der Waals surface area contributed by atoms with E-state index in [0.29, 0.717) is 50.9 Å². The predicted octanol–water partition coefficient (Wildman–Crippen LogP) is 5.14. The Balaban J connectivity index is 1.18. The van der Waals surface area contributed by atoms with Gasteiger partial charge in [-0.1, -0.05) is 39.8 Å². The molecule has 2 aromatic heterocycles. The van der Waals surface area contributed by atoms with Crippen LogP contribution in [0.5, 0.6) is 5.75 Å². The average molecular weight is 933 g/mol. The predicted molar refractivity (Wildman–Crippen MR) is 258 cm³/mol. The molecule has 6 bridgehead atoms. The van der Waals surface area contributed by atoms with Gasteiger partial charge in [-0.05, 0) is 111 Å². The van der Waals surface area contributed by atoms with Gasteiger partial charge in [0.15, 0.2) is 0 Å². The largest absolute Gasteiger partial charge is 0.508 e. The van der Waals surface area contributed by atoms with Crippen LogP contribution in [0.2, 0.25) is 0 Å². The maximum absolute atomic E-state index is 14.8. The molecular weight excluding hydrogens is 865 g/mol. The molecule has 8 rings (SSSR count). The lowest BCUT2D eigenvalue weighted by molar-refractivity contribution is -0.155. The fourth-order valence-corrected chi connectivity index (χ4v) is 10.7. The maximum Gasteiger partial charge on any atom is 0.324 e. The van der Waals surface area contributed by atoms with Crippen molar-refractivity contribution in [2.45, 2.75) is 123 Å². The number of carbonyl (C=O) groups is 5. The third-order valence-electron chi connectivity index (χ3n) is 14.4. The van der Waals surface area contributed by atoms with Crippen LogP contribution in [0.1, 0.15) is 90.7 Å². The molecule has 3 fully saturated rings. The number of cyclic esters (lactones) is 1. The molecule has 0 aliphatic carbocycles. The monoisotopic (exact) mass is 933 g/mol. The second-order valence-electron chi connectivity index (χ2n) is 20.3. The number of nitrogens with one attached hydrogen (secondary N) is 3. The number of phenols is 1. The molecule has 68 heavy (non-hydrogen) atoms. The summed E-state index contributed by atoms with van der Waals surface area (Å²) in [6.45, 7) is 16.0. The van der Waals surface area contributed by atoms with E-state index < -0.39 is 47.2 Å². The first kappa shape index (κ1) is 48.6. The fraction of sp³-hybridized carbons (Fsp3) is 0.538. The van der Waals surface area contributed by atoms with E-state index in [9.17, 15) is 29.1 Å². The summed E-state index contributed by atoms with van der Waals surface area (Å²) in [4.78, 5) is 78.6. The number of aromatic hydroxyl groups is 1. The number of esters is 1. The molecule has 0 unspecified atom stereocenters. The van der Waals surface area contributed by atoms with Crippen molar-refractivity contribution in [3.05, 3.63) is 71.5 Å². The van der Waals surface area contributed by atoms with Gasteiger partial charge in [-0.25, -0.2) is 5.43 Å². The fourth-order valence-electron chi connectivity index (χ4n) is 10.7. The molecule has 16 nitrogen and oxygen atoms in total. The number of likely N-dealkylation sites (N-methyl/N-ethyl adjacent to an activating group) is 1. The van der Waals surface area contributed by atoms with Crippen LogP contribution in [0.25, 0.3) is 33.3 Å². The van der Waals surface area contributed by atoms with Gasteiger partial charge in [0.25, 0.3) is 5.91 Å². The number of ether oxygens (including phenoxy) is 2. The minimum absolute atomic E-state index is 0.00676. The van der Waals surface area contributed by atoms with E-state index in [1.54, 1.807) is 37.4 Å². The van der Waals surface area contributed by atoms with Crippen molar-refractivity contribution in [1.29, 1.82) is 0 Å². The highest BCUT2D eigenvalue weighted by Gasteiger charge is 2.46. The van der Waals surface area contributed by atoms with E-state index in [-0.39, 0.29) is 61.2 Å². The van der Waals surface area contributed by atoms with Gasteiger partial charge in [0.2, 0.25) is 17.7 Å². The first-order chi connectivity index (χ1) is 32.4. The molecule has 0 radical (unpaired) electrons. The number of amides is 4. The van der Waals surface area contributed by atoms with Gasteiger partial charge in [0, 0.05) is 80.9 Å². The summed E-state index contributed by atoms with van der Waals surface area (Å²) < 4.78 is 14.2. The standard InChI is InChI=1S/C52H68N8O8/c1-10-58-43-16-15-33-25-38(43)39(46(58)37-13-11-18-53-44(37)31(5)67-9)26-52(6,7)28-68-51(66)40-14-12-19-60(56-40)50(65)41(23-32-21-34(33)24-35(61)22-32)55-47(62)45(29(2)3)57(8)48(63)36-17-20-59(30(36)4)49(64)42-27-54-42/h11,13,15-16,18,21-22,24-25,29-31,36,40-42,45,54,56,61H,10,12,14,17,19-20,23,26-28H2,1-9H3,(H,55,62)/t30-,31+,36-,40+,41+,42-,45+/m1/s1. The van der Waals surface area contributed by atoms with Crippen molar-refractivity contribution in [1.82, 2.24) is 40.4 Å². The quantitative estimate of drug-likeness (QED) is 0.121. The summed E-state index contributed by atoms with van der Waals surface area (Å²) in [7, 11) is 3.28. The normalized spacial score (nSPS) is 23.8. The zero-order valence-electron chi connectivity index (χ0n) is 40.9. The number of carbonyl (C=O) groups excluding carboxylic acids is 5. The Hall–Kier alpha value is -5.84. The Labute approximate surface area is 399 Å². The first-order valence-electron chi connectivity index (χ1n) is 24.2. The van der Waals surface area contributed by atoms with Crippen LogP contribution in [-0.4, -0.2) is 130 Å². The lowest BCUT2D eigenvalue weighted by atomic mass is 9.84. The highest BCUT2D eigenvalue weighted by atomic mass is 16.5. The van der Waals surface area contributed by atoms with Crippen LogP contribution in [0.3, 0.4) is 0 Å². The number of hydrazine groups is 1. The smallest absolute Gasteiger partial charge is 0.324 e. The molecule has 364 valence electrons. The highest BCUT2D eigenvalue weighted by Crippen LogP contribution is 2.42. The summed E-state index contributed by atoms with van der Waals surface area (Å²) in [5.41, 5.74) is 9.57. The number of rotatable bonds is 10. The molecule has 4 aliphatic rings. The van der Waals surface area contributed by atoms with Crippen molar-refractivity contribution in [3.63, 3.8) is 0 Å². The van der Waals surface area contributed by atoms with Crippen molar-refractivity contribution >= 4 is 40.5 Å². The van der Waals surface area contributed by atoms with E-state index in [0.717, 1.165) is 44.5 Å². The van der Waals surface area contributed by atoms with Crippen LogP contribution >= 0.6 is 0 Å². The number of phenolic OH excluding ortho intramolecular Hbond substituents is 1. The molecule has 4 aromatic rings. The van der Waals surface area contributed by atoms with Crippen LogP contribution in [0, 0.1) is 17.3 Å². The number of aromatic nitrogens is 2. The van der Waals surface area contributed by atoms with Crippen molar-refractivity contribution in [2.24, 2.45) is 17.3 Å². The molecular formula is C52H68N8O8. The van der Waals surface area contributed by atoms with Gasteiger partial charge in [-0.3, -0.25) is 34.0 Å². The average Bonchev–Trinajstić information content (AvgIpc) is 4.04. The molecule has 4 N–H and O–H groups in total. The molecule has 7 atom stereocenters. The van der Waals surface area contributed by atoms with Gasteiger partial charge in [0.1, 0.15) is 23.9 Å². The summed E-state index contributed by atoms with van der Waals surface area (Å²) in [6, 6.07) is 12.0. The van der Waals surface area contributed by atoms with Gasteiger partial charge in [0.05, 0.1) is 36.1 Å². The summed E-state index contributed by atoms with van der Waals surface area (Å²) >= 11 is 0. The maximum atomic E-state index is 14.8. The van der Waals surface area contributed by atoms with Crippen LogP contribution in [0.15, 0.2) is 54.7 Å². The van der Waals surface area contributed by atoms with Gasteiger partial charge in [-0.2, -0.15) is 0 Å². The SMILES string of the molecule is CCn1c(-c2cccnc2[C@H](C)OC)c2c3cc(ccc31)-c1cc(O)cc(c1)C[C@H](NC(=O)[C@H](C(C)C)N(C)C(=O)[C@@H]1CCN(C(=O)[C@H]3CN3)[C@@H]1C)C(=O)N1CCC[C@H](N1)C(=O)OCC(C)(C)C2. The lowest BCUT2D eigenvalue weighted by Crippen LogP contribution is -2.62. The van der Waals surface area contributed by atoms with Gasteiger partial charge in [-0.15, -0.1) is 0 Å². The van der Waals surface area contributed by atoms with Gasteiger partial charge < -0.3 is 39.6 Å². The summed E-state index contributed by atoms with van der Waals surface area (Å²) in [6.07, 6.45) is 3.46. The minimum atomic E-state index is -1.16. The summed E-state index contributed by atoms with van der Waals surface area (Å²) in [5.74, 6) is -2.56. The molecule has 3 saturated heterocycles. The van der Waals surface area contributed by atoms with Gasteiger partial charge >= 0.3 is 5.97 Å². The third-order valence-corrected chi connectivity index (χ3v) is 14.4. The molecule has 0 spiro atoms. The van der Waals surface area contributed by atoms with Crippen molar-refractivity contribution < 1.29 is 38.6 Å². The number of hydrogen-bond donors (Lipinski definition) is 4. The molecule has 0 saturated carbocycles. The van der Waals surface area contributed by atoms with E-state index in [2.05, 4.69) is 59.6 Å². The minimum Gasteiger partial charge on any atom is -0.508 e. The number of aryl methyl sites for hydroxylation is 1. The molecule has 2 aromatic carbocycles. The van der Waals surface area contributed by atoms with E-state index in [1.807, 2.05) is 45.9 Å². The number of pyridine rings is 1. The molecule has 16 heteroatoms. The number of likely N-dealkylation sites (tertiary alicyclic amines) is 1. The molecule has 4 aliphatic heterocycles. The van der Waals surface area contributed by atoms with E-state index >= 15 is 0 Å². The second kappa shape index (κ2) is 19.6. The van der Waals surface area contributed by atoms with Crippen LogP contribution in [0.4, 0.5) is 0 Å². The Bertz CT molecular complexity index is 2590. The summed E-state index contributed by atoms with van der Waals surface area (Å²) in [5, 5.41) is 19.8. The number of methoxy groups -OCH3 is 1. The number of benzene rings is 2. The number of fused-ring (bicyclic) bond motifs is 6. The van der Waals surface area contributed by atoms with E-state index in [1.165, 1.54) is 9.91 Å². The van der Waals surface area contributed by atoms with Crippen molar-refractivity contribution in [2.75, 3.05) is 40.4 Å². The second-order valence-corrected chi connectivity index (χ2v) is 20.3. The molecule has 6 heterocycles.